The Morgan fingerprint density at radius 1 is 0.585 bits per heavy atom. The number of quaternary nitrogens is 1. The Hall–Kier alpha value is -1.18. The molecule has 0 aromatic carbocycles. The SMILES string of the molecule is CCCCCC/C=C\CCCCCCCC/C=C\OC[C@H](COP(=O)(O)OCC[N+](C)(C)C)OC(=O)CCCCCCCCCCCCCCCCC. The topological polar surface area (TPSA) is 91.3 Å². The van der Waals surface area contributed by atoms with Crippen LogP contribution in [0.25, 0.3) is 0 Å². The Balaban J connectivity index is 4.27. The second-order valence-corrected chi connectivity index (χ2v) is 17.6. The molecule has 0 spiro atoms. The molecule has 0 fully saturated rings. The van der Waals surface area contributed by atoms with Gasteiger partial charge in [-0.2, -0.15) is 0 Å². The van der Waals surface area contributed by atoms with Crippen molar-refractivity contribution in [3.8, 4) is 0 Å². The summed E-state index contributed by atoms with van der Waals surface area (Å²) in [7, 11) is 1.64. The van der Waals surface area contributed by atoms with Gasteiger partial charge in [0, 0.05) is 6.42 Å². The third-order valence-electron chi connectivity index (χ3n) is 9.58. The standard InChI is InChI=1S/C44H86NO7P/c1-6-8-10-12-14-16-18-20-22-24-26-28-30-32-34-36-39-49-41-43(42-51-53(47,48)50-40-38-45(3,4)5)52-44(46)37-35-33-31-29-27-25-23-21-19-17-15-13-11-9-7-2/h16,18,36,39,43H,6-15,17,19-35,37-38,40-42H2,1-5H3/p+1/b18-16-,39-36-/t43-/m1/s1. The molecule has 0 aromatic heterocycles. The van der Waals surface area contributed by atoms with E-state index in [0.717, 1.165) is 32.1 Å². The summed E-state index contributed by atoms with van der Waals surface area (Å²) < 4.78 is 34.7. The summed E-state index contributed by atoms with van der Waals surface area (Å²) >= 11 is 0. The summed E-state index contributed by atoms with van der Waals surface area (Å²) in [5.41, 5.74) is 0. The maximum absolute atomic E-state index is 12.7. The van der Waals surface area contributed by atoms with E-state index >= 15 is 0 Å². The average molecular weight is 773 g/mol. The third kappa shape index (κ3) is 41.8. The fraction of sp³-hybridized carbons (Fsp3) is 0.886. The molecule has 0 amide bonds. The van der Waals surface area contributed by atoms with Crippen LogP contribution in [0.5, 0.6) is 0 Å². The van der Waals surface area contributed by atoms with Gasteiger partial charge >= 0.3 is 13.8 Å². The smallest absolute Gasteiger partial charge is 0.472 e. The summed E-state index contributed by atoms with van der Waals surface area (Å²) in [6, 6.07) is 0. The second-order valence-electron chi connectivity index (χ2n) is 16.1. The molecule has 0 aliphatic rings. The van der Waals surface area contributed by atoms with E-state index in [4.69, 9.17) is 18.5 Å². The number of carbonyl (C=O) groups excluding carboxylic acids is 1. The van der Waals surface area contributed by atoms with Crippen molar-refractivity contribution in [2.75, 3.05) is 47.5 Å². The number of hydrogen-bond acceptors (Lipinski definition) is 6. The van der Waals surface area contributed by atoms with Crippen LogP contribution >= 0.6 is 7.82 Å². The zero-order valence-corrected chi connectivity index (χ0v) is 36.4. The first-order chi connectivity index (χ1) is 25.6. The van der Waals surface area contributed by atoms with Crippen molar-refractivity contribution in [2.24, 2.45) is 0 Å². The van der Waals surface area contributed by atoms with E-state index in [1.807, 2.05) is 27.2 Å². The maximum atomic E-state index is 12.7. The summed E-state index contributed by atoms with van der Waals surface area (Å²) in [6.45, 7) is 4.93. The molecule has 1 unspecified atom stereocenters. The van der Waals surface area contributed by atoms with E-state index in [2.05, 4.69) is 26.0 Å². The molecule has 0 heterocycles. The highest BCUT2D eigenvalue weighted by atomic mass is 31.2. The molecule has 2 atom stereocenters. The molecule has 0 aliphatic carbocycles. The van der Waals surface area contributed by atoms with Crippen molar-refractivity contribution in [3.63, 3.8) is 0 Å². The Labute approximate surface area is 328 Å². The van der Waals surface area contributed by atoms with Crippen LogP contribution in [0.4, 0.5) is 0 Å². The van der Waals surface area contributed by atoms with E-state index in [0.29, 0.717) is 17.4 Å². The Kier molecular flexibility index (Phi) is 36.9. The van der Waals surface area contributed by atoms with Gasteiger partial charge in [0.1, 0.15) is 19.8 Å². The zero-order chi connectivity index (χ0) is 39.1. The zero-order valence-electron chi connectivity index (χ0n) is 35.5. The molecule has 53 heavy (non-hydrogen) atoms. The lowest BCUT2D eigenvalue weighted by molar-refractivity contribution is -0.870. The van der Waals surface area contributed by atoms with E-state index < -0.39 is 13.9 Å². The molecular weight excluding hydrogens is 685 g/mol. The number of unbranched alkanes of at least 4 members (excludes halogenated alkanes) is 25. The molecule has 9 heteroatoms. The average Bonchev–Trinajstić information content (AvgIpc) is 3.11. The molecule has 0 rings (SSSR count). The molecule has 0 bridgehead atoms. The number of nitrogens with zero attached hydrogens (tertiary/aromatic N) is 1. The molecule has 0 aliphatic heterocycles. The maximum Gasteiger partial charge on any atom is 0.472 e. The second kappa shape index (κ2) is 37.7. The number of esters is 1. The first kappa shape index (κ1) is 51.8. The molecule has 0 saturated carbocycles. The monoisotopic (exact) mass is 773 g/mol. The predicted molar refractivity (Wildman–Crippen MR) is 224 cm³/mol. The van der Waals surface area contributed by atoms with Gasteiger partial charge in [-0.25, -0.2) is 4.57 Å². The van der Waals surface area contributed by atoms with Crippen LogP contribution < -0.4 is 0 Å². The number of rotatable bonds is 41. The largest absolute Gasteiger partial charge is 0.498 e. The van der Waals surface area contributed by atoms with Crippen LogP contribution in [0.3, 0.4) is 0 Å². The highest BCUT2D eigenvalue weighted by Crippen LogP contribution is 2.43. The van der Waals surface area contributed by atoms with Gasteiger partial charge in [0.25, 0.3) is 0 Å². The molecule has 0 saturated heterocycles. The van der Waals surface area contributed by atoms with Gasteiger partial charge in [0.05, 0.1) is 34.0 Å². The predicted octanol–water partition coefficient (Wildman–Crippen LogP) is 13.2. The molecule has 1 N–H and O–H groups in total. The number of carbonyl (C=O) groups is 1. The quantitative estimate of drug-likeness (QED) is 0.0165. The minimum absolute atomic E-state index is 0.0488. The van der Waals surface area contributed by atoms with Crippen molar-refractivity contribution < 1.29 is 37.3 Å². The fourth-order valence-electron chi connectivity index (χ4n) is 6.10. The summed E-state index contributed by atoms with van der Waals surface area (Å²) in [5.74, 6) is -0.335. The minimum atomic E-state index is -4.29. The van der Waals surface area contributed by atoms with Gasteiger partial charge in [0.15, 0.2) is 6.10 Å². The lowest BCUT2D eigenvalue weighted by Gasteiger charge is -2.24. The number of phosphoric ester groups is 1. The van der Waals surface area contributed by atoms with Gasteiger partial charge < -0.3 is 18.9 Å². The lowest BCUT2D eigenvalue weighted by Crippen LogP contribution is -2.37. The molecule has 0 aromatic rings. The minimum Gasteiger partial charge on any atom is -0.498 e. The highest BCUT2D eigenvalue weighted by Gasteiger charge is 2.26. The highest BCUT2D eigenvalue weighted by molar-refractivity contribution is 7.47. The Bertz CT molecular complexity index is 905. The number of hydrogen-bond donors (Lipinski definition) is 1. The Morgan fingerprint density at radius 2 is 1.00 bits per heavy atom. The molecule has 8 nitrogen and oxygen atoms in total. The van der Waals surface area contributed by atoms with Crippen LogP contribution in [0, 0.1) is 0 Å². The first-order valence-electron chi connectivity index (χ1n) is 22.1. The van der Waals surface area contributed by atoms with Crippen LogP contribution in [-0.2, 0) is 27.9 Å². The van der Waals surface area contributed by atoms with Crippen LogP contribution in [0.15, 0.2) is 24.5 Å². The van der Waals surface area contributed by atoms with E-state index in [-0.39, 0.29) is 25.8 Å². The number of ether oxygens (including phenoxy) is 2. The van der Waals surface area contributed by atoms with Crippen molar-refractivity contribution in [1.29, 1.82) is 0 Å². The normalized spacial score (nSPS) is 13.9. The van der Waals surface area contributed by atoms with Crippen molar-refractivity contribution >= 4 is 13.8 Å². The molecule has 0 radical (unpaired) electrons. The van der Waals surface area contributed by atoms with Crippen LogP contribution in [0.1, 0.15) is 200 Å². The summed E-state index contributed by atoms with van der Waals surface area (Å²) in [4.78, 5) is 22.8. The molecular formula is C44H87NO7P+. The van der Waals surface area contributed by atoms with Crippen molar-refractivity contribution in [1.82, 2.24) is 0 Å². The van der Waals surface area contributed by atoms with Gasteiger partial charge in [-0.05, 0) is 51.0 Å². The summed E-state index contributed by atoms with van der Waals surface area (Å²) in [5, 5.41) is 0. The number of allylic oxidation sites excluding steroid dienone is 3. The number of phosphoric acid groups is 1. The van der Waals surface area contributed by atoms with E-state index in [1.165, 1.54) is 148 Å². The first-order valence-corrected chi connectivity index (χ1v) is 23.6. The van der Waals surface area contributed by atoms with Gasteiger partial charge in [-0.15, -0.1) is 0 Å². The third-order valence-corrected chi connectivity index (χ3v) is 10.6. The van der Waals surface area contributed by atoms with Crippen LogP contribution in [-0.4, -0.2) is 69.0 Å². The molecule has 314 valence electrons. The van der Waals surface area contributed by atoms with E-state index in [9.17, 15) is 14.3 Å². The van der Waals surface area contributed by atoms with E-state index in [1.54, 1.807) is 6.26 Å². The lowest BCUT2D eigenvalue weighted by atomic mass is 10.0. The number of likely N-dealkylation sites (N-methyl/N-ethyl adjacent to an activating group) is 1. The van der Waals surface area contributed by atoms with Gasteiger partial charge in [-0.3, -0.25) is 13.8 Å². The Morgan fingerprint density at radius 3 is 1.47 bits per heavy atom. The van der Waals surface area contributed by atoms with Gasteiger partial charge in [0.2, 0.25) is 0 Å². The summed E-state index contributed by atoms with van der Waals surface area (Å²) in [6.07, 6.45) is 43.0. The fourth-order valence-corrected chi connectivity index (χ4v) is 6.84. The van der Waals surface area contributed by atoms with Gasteiger partial charge in [-0.1, -0.05) is 161 Å². The van der Waals surface area contributed by atoms with Crippen LogP contribution in [0.2, 0.25) is 0 Å². The van der Waals surface area contributed by atoms with Crippen molar-refractivity contribution in [3.05, 3.63) is 24.5 Å². The van der Waals surface area contributed by atoms with Crippen molar-refractivity contribution in [2.45, 2.75) is 206 Å².